The molecule has 1 aliphatic rings. The van der Waals surface area contributed by atoms with Crippen molar-refractivity contribution in [2.45, 2.75) is 39.0 Å². The average molecular weight is 301 g/mol. The SMILES string of the molecule is CC(C)(C)OC(=O)N1CC(NCc2cccc3[nH]ccc23)C1. The minimum Gasteiger partial charge on any atom is -0.444 e. The molecule has 1 fully saturated rings. The largest absolute Gasteiger partial charge is 0.444 e. The van der Waals surface area contributed by atoms with E-state index in [0.717, 1.165) is 12.1 Å². The maximum absolute atomic E-state index is 11.9. The lowest BCUT2D eigenvalue weighted by Gasteiger charge is -2.40. The van der Waals surface area contributed by atoms with Gasteiger partial charge in [-0.05, 0) is 38.5 Å². The Kier molecular flexibility index (Phi) is 3.83. The number of hydrogen-bond donors (Lipinski definition) is 2. The molecule has 1 aliphatic heterocycles. The number of ether oxygens (including phenoxy) is 1. The van der Waals surface area contributed by atoms with E-state index in [1.807, 2.05) is 27.0 Å². The summed E-state index contributed by atoms with van der Waals surface area (Å²) in [6, 6.07) is 8.70. The average Bonchev–Trinajstić information content (AvgIpc) is 2.83. The molecule has 118 valence electrons. The van der Waals surface area contributed by atoms with Crippen LogP contribution in [0.3, 0.4) is 0 Å². The number of carbonyl (C=O) groups excluding carboxylic acids is 1. The van der Waals surface area contributed by atoms with Crippen molar-refractivity contribution >= 4 is 17.0 Å². The lowest BCUT2D eigenvalue weighted by atomic mass is 10.1. The summed E-state index contributed by atoms with van der Waals surface area (Å²) < 4.78 is 5.36. The molecule has 0 atom stereocenters. The molecule has 2 N–H and O–H groups in total. The van der Waals surface area contributed by atoms with E-state index < -0.39 is 5.60 Å². The normalized spacial score (nSPS) is 15.9. The van der Waals surface area contributed by atoms with Crippen LogP contribution < -0.4 is 5.32 Å². The molecule has 1 amide bonds. The summed E-state index contributed by atoms with van der Waals surface area (Å²) in [5.41, 5.74) is 2.00. The van der Waals surface area contributed by atoms with E-state index in [-0.39, 0.29) is 6.09 Å². The fourth-order valence-corrected chi connectivity index (χ4v) is 2.64. The first-order chi connectivity index (χ1) is 10.4. The molecule has 0 radical (unpaired) electrons. The quantitative estimate of drug-likeness (QED) is 0.916. The van der Waals surface area contributed by atoms with Crippen LogP contribution in [0.4, 0.5) is 4.79 Å². The number of benzene rings is 1. The minimum atomic E-state index is -0.431. The Morgan fingerprint density at radius 3 is 2.86 bits per heavy atom. The van der Waals surface area contributed by atoms with E-state index in [4.69, 9.17) is 4.74 Å². The molecule has 22 heavy (non-hydrogen) atoms. The van der Waals surface area contributed by atoms with Crippen LogP contribution in [-0.2, 0) is 11.3 Å². The van der Waals surface area contributed by atoms with E-state index in [1.165, 1.54) is 10.9 Å². The standard InChI is InChI=1S/C17H23N3O2/c1-17(2,3)22-16(21)20-10-13(11-20)19-9-12-5-4-6-15-14(12)7-8-18-15/h4-8,13,18-19H,9-11H2,1-3H3. The number of H-pyrrole nitrogens is 1. The van der Waals surface area contributed by atoms with Gasteiger partial charge in [0, 0.05) is 42.8 Å². The van der Waals surface area contributed by atoms with Gasteiger partial charge in [0.05, 0.1) is 0 Å². The predicted molar refractivity (Wildman–Crippen MR) is 86.7 cm³/mol. The first-order valence-corrected chi connectivity index (χ1v) is 7.69. The Bertz CT molecular complexity index is 666. The van der Waals surface area contributed by atoms with Gasteiger partial charge in [0.2, 0.25) is 0 Å². The monoisotopic (exact) mass is 301 g/mol. The number of aromatic amines is 1. The van der Waals surface area contributed by atoms with Crippen molar-refractivity contribution in [3.63, 3.8) is 0 Å². The Balaban J connectivity index is 1.49. The van der Waals surface area contributed by atoms with Crippen molar-refractivity contribution in [2.75, 3.05) is 13.1 Å². The van der Waals surface area contributed by atoms with Crippen molar-refractivity contribution in [1.82, 2.24) is 15.2 Å². The summed E-state index contributed by atoms with van der Waals surface area (Å²) in [6.45, 7) is 7.88. The number of carbonyl (C=O) groups is 1. The molecule has 1 aromatic heterocycles. The van der Waals surface area contributed by atoms with E-state index in [0.29, 0.717) is 19.1 Å². The Labute approximate surface area is 130 Å². The van der Waals surface area contributed by atoms with E-state index in [2.05, 4.69) is 34.6 Å². The van der Waals surface area contributed by atoms with Crippen LogP contribution in [0.15, 0.2) is 30.5 Å². The summed E-state index contributed by atoms with van der Waals surface area (Å²) in [5.74, 6) is 0. The molecule has 1 aromatic carbocycles. The second-order valence-corrected chi connectivity index (χ2v) is 6.82. The second-order valence-electron chi connectivity index (χ2n) is 6.82. The zero-order valence-corrected chi connectivity index (χ0v) is 13.3. The van der Waals surface area contributed by atoms with Gasteiger partial charge >= 0.3 is 6.09 Å². The number of likely N-dealkylation sites (tertiary alicyclic amines) is 1. The summed E-state index contributed by atoms with van der Waals surface area (Å²) in [7, 11) is 0. The first-order valence-electron chi connectivity index (χ1n) is 7.69. The third-order valence-electron chi connectivity index (χ3n) is 3.80. The number of fused-ring (bicyclic) bond motifs is 1. The fraction of sp³-hybridized carbons (Fsp3) is 0.471. The van der Waals surface area contributed by atoms with Crippen LogP contribution >= 0.6 is 0 Å². The maximum atomic E-state index is 11.9. The van der Waals surface area contributed by atoms with Gasteiger partial charge in [-0.1, -0.05) is 12.1 Å². The van der Waals surface area contributed by atoms with Gasteiger partial charge < -0.3 is 19.9 Å². The van der Waals surface area contributed by atoms with Crippen LogP contribution in [0.25, 0.3) is 10.9 Å². The molecule has 5 heteroatoms. The molecule has 2 aromatic rings. The Hall–Kier alpha value is -2.01. The lowest BCUT2D eigenvalue weighted by molar-refractivity contribution is 0.00519. The molecule has 2 heterocycles. The summed E-state index contributed by atoms with van der Waals surface area (Å²) in [4.78, 5) is 16.8. The van der Waals surface area contributed by atoms with Gasteiger partial charge in [-0.3, -0.25) is 0 Å². The molecule has 5 nitrogen and oxygen atoms in total. The van der Waals surface area contributed by atoms with E-state index >= 15 is 0 Å². The van der Waals surface area contributed by atoms with Crippen molar-refractivity contribution in [3.05, 3.63) is 36.0 Å². The molecule has 0 aliphatic carbocycles. The lowest BCUT2D eigenvalue weighted by Crippen LogP contribution is -2.60. The number of amides is 1. The molecule has 0 bridgehead atoms. The number of aromatic nitrogens is 1. The van der Waals surface area contributed by atoms with Gasteiger partial charge in [-0.25, -0.2) is 4.79 Å². The van der Waals surface area contributed by atoms with Crippen LogP contribution in [0, 0.1) is 0 Å². The van der Waals surface area contributed by atoms with Crippen molar-refractivity contribution in [3.8, 4) is 0 Å². The van der Waals surface area contributed by atoms with Gasteiger partial charge in [0.15, 0.2) is 0 Å². The highest BCUT2D eigenvalue weighted by Gasteiger charge is 2.33. The van der Waals surface area contributed by atoms with Gasteiger partial charge in [0.1, 0.15) is 5.60 Å². The smallest absolute Gasteiger partial charge is 0.410 e. The number of rotatable bonds is 3. The van der Waals surface area contributed by atoms with E-state index in [9.17, 15) is 4.79 Å². The van der Waals surface area contributed by atoms with Crippen LogP contribution in [-0.4, -0.2) is 40.7 Å². The third kappa shape index (κ3) is 3.25. The highest BCUT2D eigenvalue weighted by Crippen LogP contribution is 2.19. The maximum Gasteiger partial charge on any atom is 0.410 e. The summed E-state index contributed by atoms with van der Waals surface area (Å²) in [5, 5.41) is 4.75. The molecule has 1 saturated heterocycles. The highest BCUT2D eigenvalue weighted by molar-refractivity contribution is 5.82. The molecule has 0 saturated carbocycles. The van der Waals surface area contributed by atoms with Crippen molar-refractivity contribution < 1.29 is 9.53 Å². The summed E-state index contributed by atoms with van der Waals surface area (Å²) >= 11 is 0. The Morgan fingerprint density at radius 2 is 2.14 bits per heavy atom. The van der Waals surface area contributed by atoms with Crippen molar-refractivity contribution in [1.29, 1.82) is 0 Å². The van der Waals surface area contributed by atoms with Gasteiger partial charge in [-0.15, -0.1) is 0 Å². The molecular formula is C17H23N3O2. The van der Waals surface area contributed by atoms with E-state index in [1.54, 1.807) is 4.90 Å². The predicted octanol–water partition coefficient (Wildman–Crippen LogP) is 2.88. The highest BCUT2D eigenvalue weighted by atomic mass is 16.6. The first kappa shape index (κ1) is 14.9. The molecule has 0 spiro atoms. The molecule has 3 rings (SSSR count). The van der Waals surface area contributed by atoms with Crippen LogP contribution in [0.2, 0.25) is 0 Å². The molecule has 0 unspecified atom stereocenters. The summed E-state index contributed by atoms with van der Waals surface area (Å²) in [6.07, 6.45) is 1.74. The third-order valence-corrected chi connectivity index (χ3v) is 3.80. The number of hydrogen-bond acceptors (Lipinski definition) is 3. The number of nitrogens with one attached hydrogen (secondary N) is 2. The van der Waals surface area contributed by atoms with Gasteiger partial charge in [0.25, 0.3) is 0 Å². The zero-order chi connectivity index (χ0) is 15.7. The topological polar surface area (TPSA) is 57.4 Å². The van der Waals surface area contributed by atoms with Gasteiger partial charge in [-0.2, -0.15) is 0 Å². The fourth-order valence-electron chi connectivity index (χ4n) is 2.64. The van der Waals surface area contributed by atoms with Crippen LogP contribution in [0.5, 0.6) is 0 Å². The second kappa shape index (κ2) is 5.65. The number of nitrogens with zero attached hydrogens (tertiary/aromatic N) is 1. The molecular weight excluding hydrogens is 278 g/mol. The minimum absolute atomic E-state index is 0.224. The Morgan fingerprint density at radius 1 is 1.36 bits per heavy atom. The van der Waals surface area contributed by atoms with Crippen LogP contribution in [0.1, 0.15) is 26.3 Å². The zero-order valence-electron chi connectivity index (χ0n) is 13.3. The van der Waals surface area contributed by atoms with Crippen molar-refractivity contribution in [2.24, 2.45) is 0 Å².